The van der Waals surface area contributed by atoms with Gasteiger partial charge in [-0.1, -0.05) is 48.5 Å². The van der Waals surface area contributed by atoms with Crippen molar-refractivity contribution in [3.05, 3.63) is 83.4 Å². The highest BCUT2D eigenvalue weighted by molar-refractivity contribution is 5.68. The van der Waals surface area contributed by atoms with Crippen molar-refractivity contribution in [2.75, 3.05) is 7.11 Å². The molecule has 5 heteroatoms. The number of rotatable bonds is 6. The number of aryl methyl sites for hydroxylation is 1. The summed E-state index contributed by atoms with van der Waals surface area (Å²) in [6, 6.07) is 21.7. The Labute approximate surface area is 175 Å². The largest absolute Gasteiger partial charge is 0.497 e. The Kier molecular flexibility index (Phi) is 5.72. The van der Waals surface area contributed by atoms with Crippen molar-refractivity contribution in [1.29, 1.82) is 0 Å². The summed E-state index contributed by atoms with van der Waals surface area (Å²) in [4.78, 5) is 10.9. The lowest BCUT2D eigenvalue weighted by molar-refractivity contribution is -0.139. The first-order chi connectivity index (χ1) is 14.5. The Hall–Kier alpha value is -3.31. The molecule has 0 aromatic heterocycles. The molecule has 1 heterocycles. The van der Waals surface area contributed by atoms with Crippen molar-refractivity contribution in [2.24, 2.45) is 0 Å². The summed E-state index contributed by atoms with van der Waals surface area (Å²) in [6.45, 7) is 0. The van der Waals surface area contributed by atoms with E-state index in [1.54, 1.807) is 19.2 Å². The van der Waals surface area contributed by atoms with Crippen LogP contribution >= 0.6 is 0 Å². The molecule has 2 N–H and O–H groups in total. The molecule has 3 aromatic carbocycles. The van der Waals surface area contributed by atoms with E-state index in [0.717, 1.165) is 40.8 Å². The molecule has 5 nitrogen and oxygen atoms in total. The summed E-state index contributed by atoms with van der Waals surface area (Å²) in [5.41, 5.74) is 4.92. The van der Waals surface area contributed by atoms with Crippen molar-refractivity contribution < 1.29 is 24.5 Å². The quantitative estimate of drug-likeness (QED) is 0.609. The second kappa shape index (κ2) is 8.59. The Morgan fingerprint density at radius 1 is 1.10 bits per heavy atom. The number of aliphatic hydroxyl groups is 1. The third kappa shape index (κ3) is 4.31. The van der Waals surface area contributed by atoms with E-state index in [4.69, 9.17) is 14.6 Å². The zero-order chi connectivity index (χ0) is 21.1. The molecular weight excluding hydrogens is 380 g/mol. The van der Waals surface area contributed by atoms with Crippen molar-refractivity contribution >= 4 is 5.97 Å². The van der Waals surface area contributed by atoms with Crippen LogP contribution in [0.15, 0.2) is 66.7 Å². The molecule has 0 radical (unpaired) electrons. The van der Waals surface area contributed by atoms with E-state index in [9.17, 15) is 9.90 Å². The molecule has 2 atom stereocenters. The lowest BCUT2D eigenvalue weighted by Crippen LogP contribution is -2.16. The zero-order valence-electron chi connectivity index (χ0n) is 16.7. The number of carboxylic acids is 1. The van der Waals surface area contributed by atoms with Crippen LogP contribution in [-0.4, -0.2) is 23.3 Å². The van der Waals surface area contributed by atoms with Gasteiger partial charge in [-0.25, -0.2) is 0 Å². The third-order valence-electron chi connectivity index (χ3n) is 5.47. The highest BCUT2D eigenvalue weighted by Gasteiger charge is 2.23. The molecule has 1 aliphatic heterocycles. The van der Waals surface area contributed by atoms with Gasteiger partial charge in [-0.2, -0.15) is 0 Å². The number of hydrogen-bond donors (Lipinski definition) is 2. The molecule has 0 amide bonds. The van der Waals surface area contributed by atoms with Crippen LogP contribution in [0.1, 0.15) is 41.7 Å². The van der Waals surface area contributed by atoms with Gasteiger partial charge in [-0.3, -0.25) is 4.79 Å². The van der Waals surface area contributed by atoms with Crippen molar-refractivity contribution in [3.63, 3.8) is 0 Å². The summed E-state index contributed by atoms with van der Waals surface area (Å²) in [5.74, 6) is 0.505. The molecule has 0 fully saturated rings. The van der Waals surface area contributed by atoms with Crippen molar-refractivity contribution in [2.45, 2.75) is 31.5 Å². The van der Waals surface area contributed by atoms with Crippen molar-refractivity contribution in [3.8, 4) is 22.6 Å². The number of fused-ring (bicyclic) bond motifs is 1. The standard InChI is InChI=1S/C25H24O5/c1-29-21-4-2-3-19(13-21)16-5-7-17(8-6-16)23-12-11-18-9-10-20(14-24(18)30-23)22(26)15-25(27)28/h2-10,13-14,22-23,26H,11-12,15H2,1H3,(H,27,28)/t22-,23?/m1/s1. The van der Waals surface area contributed by atoms with Crippen LogP contribution in [0, 0.1) is 0 Å². The average Bonchev–Trinajstić information content (AvgIpc) is 2.78. The predicted octanol–water partition coefficient (Wildman–Crippen LogP) is 4.94. The van der Waals surface area contributed by atoms with E-state index in [0.29, 0.717) is 11.3 Å². The first kappa shape index (κ1) is 20.0. The van der Waals surface area contributed by atoms with Gasteiger partial charge in [0.1, 0.15) is 17.6 Å². The van der Waals surface area contributed by atoms with Crippen molar-refractivity contribution in [1.82, 2.24) is 0 Å². The predicted molar refractivity (Wildman–Crippen MR) is 114 cm³/mol. The number of ether oxygens (including phenoxy) is 2. The van der Waals surface area contributed by atoms with Gasteiger partial charge in [0.15, 0.2) is 0 Å². The summed E-state index contributed by atoms with van der Waals surface area (Å²) in [5, 5.41) is 19.0. The van der Waals surface area contributed by atoms with Crippen LogP contribution in [0.5, 0.6) is 11.5 Å². The lowest BCUT2D eigenvalue weighted by Gasteiger charge is -2.27. The SMILES string of the molecule is COc1cccc(-c2ccc(C3CCc4ccc([C@H](O)CC(=O)O)cc4O3)cc2)c1. The van der Waals surface area contributed by atoms with Crippen LogP contribution in [0.4, 0.5) is 0 Å². The first-order valence-corrected chi connectivity index (χ1v) is 9.97. The minimum Gasteiger partial charge on any atom is -0.497 e. The van der Waals surface area contributed by atoms with E-state index < -0.39 is 12.1 Å². The lowest BCUT2D eigenvalue weighted by atomic mass is 9.94. The van der Waals surface area contributed by atoms with E-state index in [-0.39, 0.29) is 12.5 Å². The Bertz CT molecular complexity index is 1040. The number of methoxy groups -OCH3 is 1. The van der Waals surface area contributed by atoms with Gasteiger partial charge in [0.2, 0.25) is 0 Å². The maximum atomic E-state index is 10.9. The number of carboxylic acid groups (broad SMARTS) is 1. The third-order valence-corrected chi connectivity index (χ3v) is 5.47. The molecular formula is C25H24O5. The number of carbonyl (C=O) groups is 1. The smallest absolute Gasteiger partial charge is 0.306 e. The fourth-order valence-corrected chi connectivity index (χ4v) is 3.80. The van der Waals surface area contributed by atoms with Gasteiger partial charge in [-0.15, -0.1) is 0 Å². The average molecular weight is 404 g/mol. The monoisotopic (exact) mass is 404 g/mol. The summed E-state index contributed by atoms with van der Waals surface area (Å²) in [6.07, 6.45) is 0.284. The second-order valence-corrected chi connectivity index (χ2v) is 7.48. The van der Waals surface area contributed by atoms with Crippen LogP contribution in [0.2, 0.25) is 0 Å². The van der Waals surface area contributed by atoms with Gasteiger partial charge in [-0.05, 0) is 58.9 Å². The van der Waals surface area contributed by atoms with Gasteiger partial charge >= 0.3 is 5.97 Å². The summed E-state index contributed by atoms with van der Waals surface area (Å²) >= 11 is 0. The maximum Gasteiger partial charge on any atom is 0.306 e. The second-order valence-electron chi connectivity index (χ2n) is 7.48. The molecule has 30 heavy (non-hydrogen) atoms. The van der Waals surface area contributed by atoms with Gasteiger partial charge in [0, 0.05) is 0 Å². The van der Waals surface area contributed by atoms with Gasteiger partial charge in [0.05, 0.1) is 19.6 Å². The molecule has 0 saturated heterocycles. The first-order valence-electron chi connectivity index (χ1n) is 9.97. The molecule has 1 aliphatic rings. The van der Waals surface area contributed by atoms with E-state index in [2.05, 4.69) is 30.3 Å². The van der Waals surface area contributed by atoms with E-state index in [1.807, 2.05) is 24.3 Å². The fraction of sp³-hybridized carbons (Fsp3) is 0.240. The minimum atomic E-state index is -1.04. The normalized spacial score (nSPS) is 16.3. The number of hydrogen-bond acceptors (Lipinski definition) is 4. The zero-order valence-corrected chi connectivity index (χ0v) is 16.7. The Morgan fingerprint density at radius 3 is 2.63 bits per heavy atom. The Morgan fingerprint density at radius 2 is 1.90 bits per heavy atom. The van der Waals surface area contributed by atoms with Crippen LogP contribution in [0.3, 0.4) is 0 Å². The number of aliphatic carboxylic acids is 1. The summed E-state index contributed by atoms with van der Waals surface area (Å²) in [7, 11) is 1.66. The minimum absolute atomic E-state index is 0.0799. The summed E-state index contributed by atoms with van der Waals surface area (Å²) < 4.78 is 11.5. The molecule has 3 aromatic rings. The molecule has 4 rings (SSSR count). The van der Waals surface area contributed by atoms with E-state index in [1.165, 1.54) is 0 Å². The topological polar surface area (TPSA) is 76.0 Å². The molecule has 154 valence electrons. The van der Waals surface area contributed by atoms with Crippen LogP contribution < -0.4 is 9.47 Å². The number of aliphatic hydroxyl groups excluding tert-OH is 1. The highest BCUT2D eigenvalue weighted by atomic mass is 16.5. The van der Waals surface area contributed by atoms with Crippen LogP contribution in [-0.2, 0) is 11.2 Å². The number of benzene rings is 3. The molecule has 0 saturated carbocycles. The molecule has 0 aliphatic carbocycles. The Balaban J connectivity index is 1.52. The van der Waals surface area contributed by atoms with Gasteiger partial charge < -0.3 is 19.7 Å². The molecule has 1 unspecified atom stereocenters. The maximum absolute atomic E-state index is 10.9. The fourth-order valence-electron chi connectivity index (χ4n) is 3.80. The van der Waals surface area contributed by atoms with Gasteiger partial charge in [0.25, 0.3) is 0 Å². The molecule has 0 spiro atoms. The van der Waals surface area contributed by atoms with E-state index >= 15 is 0 Å². The highest BCUT2D eigenvalue weighted by Crippen LogP contribution is 2.37. The molecule has 0 bridgehead atoms. The van der Waals surface area contributed by atoms with Crippen LogP contribution in [0.25, 0.3) is 11.1 Å².